The van der Waals surface area contributed by atoms with Crippen LogP contribution < -0.4 is 5.32 Å². The minimum absolute atomic E-state index is 0.0782. The number of hydrogen-bond acceptors (Lipinski definition) is 2. The van der Waals surface area contributed by atoms with Gasteiger partial charge in [0.25, 0.3) is 0 Å². The fourth-order valence-corrected chi connectivity index (χ4v) is 3.38. The van der Waals surface area contributed by atoms with Crippen molar-refractivity contribution in [2.75, 3.05) is 11.1 Å². The Balaban J connectivity index is 1.95. The van der Waals surface area contributed by atoms with Crippen LogP contribution in [0.4, 0.5) is 10.1 Å². The van der Waals surface area contributed by atoms with E-state index >= 15 is 0 Å². The van der Waals surface area contributed by atoms with Gasteiger partial charge in [0.2, 0.25) is 5.91 Å². The summed E-state index contributed by atoms with van der Waals surface area (Å²) in [5.41, 5.74) is 3.60. The molecule has 2 aromatic rings. The molecular weight excluding hydrogens is 345 g/mol. The van der Waals surface area contributed by atoms with Gasteiger partial charge in [-0.1, -0.05) is 49.7 Å². The van der Waals surface area contributed by atoms with E-state index in [4.69, 9.17) is 11.6 Å². The smallest absolute Gasteiger partial charge is 0.234 e. The van der Waals surface area contributed by atoms with Crippen molar-refractivity contribution >= 4 is 35.0 Å². The molecule has 2 nitrogen and oxygen atoms in total. The second-order valence-electron chi connectivity index (χ2n) is 5.97. The molecule has 5 heteroatoms. The number of carbonyl (C=O) groups excluding carboxylic acids is 1. The zero-order valence-electron chi connectivity index (χ0n) is 14.0. The van der Waals surface area contributed by atoms with E-state index in [2.05, 4.69) is 19.2 Å². The molecule has 0 saturated heterocycles. The van der Waals surface area contributed by atoms with E-state index < -0.39 is 0 Å². The first-order valence-corrected chi connectivity index (χ1v) is 9.32. The Hall–Kier alpha value is -1.52. The highest BCUT2D eigenvalue weighted by molar-refractivity contribution is 7.99. The molecule has 2 rings (SSSR count). The van der Waals surface area contributed by atoms with E-state index in [0.29, 0.717) is 22.3 Å². The average Bonchev–Trinajstić information content (AvgIpc) is 2.51. The SMILES string of the molecule is Cc1cccc(C(C)C)c1NC(=O)CSCc1ccc(Cl)cc1F. The van der Waals surface area contributed by atoms with Gasteiger partial charge in [0.15, 0.2) is 0 Å². The third kappa shape index (κ3) is 4.99. The molecule has 24 heavy (non-hydrogen) atoms. The third-order valence-electron chi connectivity index (χ3n) is 3.70. The van der Waals surface area contributed by atoms with Crippen LogP contribution >= 0.6 is 23.4 Å². The van der Waals surface area contributed by atoms with Gasteiger partial charge < -0.3 is 5.32 Å². The lowest BCUT2D eigenvalue weighted by Gasteiger charge is -2.16. The molecule has 0 heterocycles. The highest BCUT2D eigenvalue weighted by Crippen LogP contribution is 2.27. The van der Waals surface area contributed by atoms with Crippen LogP contribution in [0.25, 0.3) is 0 Å². The molecule has 0 spiro atoms. The van der Waals surface area contributed by atoms with Crippen molar-refractivity contribution in [3.63, 3.8) is 0 Å². The van der Waals surface area contributed by atoms with Crippen molar-refractivity contribution in [2.45, 2.75) is 32.4 Å². The zero-order chi connectivity index (χ0) is 17.7. The molecule has 0 aromatic heterocycles. The topological polar surface area (TPSA) is 29.1 Å². The highest BCUT2D eigenvalue weighted by Gasteiger charge is 2.12. The van der Waals surface area contributed by atoms with E-state index in [1.165, 1.54) is 17.8 Å². The predicted octanol–water partition coefficient (Wildman–Crippen LogP) is 5.78. The second kappa shape index (κ2) is 8.54. The lowest BCUT2D eigenvalue weighted by Crippen LogP contribution is -2.16. The van der Waals surface area contributed by atoms with Gasteiger partial charge in [-0.05, 0) is 41.7 Å². The van der Waals surface area contributed by atoms with Gasteiger partial charge in [0, 0.05) is 16.5 Å². The summed E-state index contributed by atoms with van der Waals surface area (Å²) in [6.45, 7) is 6.18. The Labute approximate surface area is 151 Å². The normalized spacial score (nSPS) is 10.9. The van der Waals surface area contributed by atoms with Gasteiger partial charge in [0.1, 0.15) is 5.82 Å². The van der Waals surface area contributed by atoms with E-state index in [-0.39, 0.29) is 17.5 Å². The van der Waals surface area contributed by atoms with Crippen LogP contribution in [0.3, 0.4) is 0 Å². The number of aryl methyl sites for hydroxylation is 1. The molecule has 2 aromatic carbocycles. The summed E-state index contributed by atoms with van der Waals surface area (Å²) in [6.07, 6.45) is 0. The van der Waals surface area contributed by atoms with Crippen molar-refractivity contribution in [3.05, 3.63) is 63.9 Å². The predicted molar refractivity (Wildman–Crippen MR) is 101 cm³/mol. The maximum atomic E-state index is 13.7. The number of hydrogen-bond donors (Lipinski definition) is 1. The number of carbonyl (C=O) groups is 1. The molecule has 0 bridgehead atoms. The molecule has 1 N–H and O–H groups in total. The molecule has 0 radical (unpaired) electrons. The molecule has 0 aliphatic heterocycles. The minimum Gasteiger partial charge on any atom is -0.325 e. The van der Waals surface area contributed by atoms with Crippen molar-refractivity contribution < 1.29 is 9.18 Å². The van der Waals surface area contributed by atoms with E-state index in [9.17, 15) is 9.18 Å². The Morgan fingerprint density at radius 1 is 1.29 bits per heavy atom. The maximum Gasteiger partial charge on any atom is 0.234 e. The lowest BCUT2D eigenvalue weighted by atomic mass is 9.98. The standard InChI is InChI=1S/C19H21ClFNOS/c1-12(2)16-6-4-5-13(3)19(16)22-18(23)11-24-10-14-7-8-15(20)9-17(14)21/h4-9,12H,10-11H2,1-3H3,(H,22,23). The van der Waals surface area contributed by atoms with E-state index in [0.717, 1.165) is 16.8 Å². The van der Waals surface area contributed by atoms with Gasteiger partial charge in [-0.3, -0.25) is 4.79 Å². The van der Waals surface area contributed by atoms with Crippen LogP contribution in [-0.4, -0.2) is 11.7 Å². The molecule has 0 atom stereocenters. The van der Waals surface area contributed by atoms with Gasteiger partial charge >= 0.3 is 0 Å². The minimum atomic E-state index is -0.337. The Bertz CT molecular complexity index is 733. The first-order valence-electron chi connectivity index (χ1n) is 7.79. The lowest BCUT2D eigenvalue weighted by molar-refractivity contribution is -0.113. The number of para-hydroxylation sites is 1. The number of rotatable bonds is 6. The van der Waals surface area contributed by atoms with Crippen LogP contribution in [0.2, 0.25) is 5.02 Å². The van der Waals surface area contributed by atoms with Crippen LogP contribution in [-0.2, 0) is 10.5 Å². The molecule has 0 unspecified atom stereocenters. The molecule has 128 valence electrons. The van der Waals surface area contributed by atoms with Gasteiger partial charge in [-0.15, -0.1) is 11.8 Å². The fraction of sp³-hybridized carbons (Fsp3) is 0.316. The van der Waals surface area contributed by atoms with E-state index in [1.54, 1.807) is 12.1 Å². The van der Waals surface area contributed by atoms with Crippen molar-refractivity contribution in [1.82, 2.24) is 0 Å². The number of anilines is 1. The molecule has 0 fully saturated rings. The van der Waals surface area contributed by atoms with Crippen molar-refractivity contribution in [3.8, 4) is 0 Å². The van der Waals surface area contributed by atoms with Crippen LogP contribution in [0.5, 0.6) is 0 Å². The Morgan fingerprint density at radius 2 is 2.04 bits per heavy atom. The summed E-state index contributed by atoms with van der Waals surface area (Å²) in [6, 6.07) is 10.6. The first kappa shape index (κ1) is 18.8. The van der Waals surface area contributed by atoms with Crippen LogP contribution in [0.15, 0.2) is 36.4 Å². The number of halogens is 2. The number of thioether (sulfide) groups is 1. The summed E-state index contributed by atoms with van der Waals surface area (Å²) in [7, 11) is 0. The number of benzene rings is 2. The second-order valence-corrected chi connectivity index (χ2v) is 7.39. The largest absolute Gasteiger partial charge is 0.325 e. The summed E-state index contributed by atoms with van der Waals surface area (Å²) in [5.74, 6) is 0.618. The molecular formula is C19H21ClFNOS. The van der Waals surface area contributed by atoms with Crippen molar-refractivity contribution in [1.29, 1.82) is 0 Å². The summed E-state index contributed by atoms with van der Waals surface area (Å²) < 4.78 is 13.7. The van der Waals surface area contributed by atoms with E-state index in [1.807, 2.05) is 25.1 Å². The van der Waals surface area contributed by atoms with Gasteiger partial charge in [0.05, 0.1) is 5.75 Å². The maximum absolute atomic E-state index is 13.7. The summed E-state index contributed by atoms with van der Waals surface area (Å²) in [5, 5.41) is 3.37. The Morgan fingerprint density at radius 3 is 2.71 bits per heavy atom. The first-order chi connectivity index (χ1) is 11.4. The third-order valence-corrected chi connectivity index (χ3v) is 4.91. The molecule has 0 aliphatic rings. The summed E-state index contributed by atoms with van der Waals surface area (Å²) in [4.78, 5) is 12.2. The van der Waals surface area contributed by atoms with Crippen molar-refractivity contribution in [2.24, 2.45) is 0 Å². The van der Waals surface area contributed by atoms with Crippen LogP contribution in [0, 0.1) is 12.7 Å². The Kier molecular flexibility index (Phi) is 6.69. The van der Waals surface area contributed by atoms with Crippen LogP contribution in [0.1, 0.15) is 36.5 Å². The fourth-order valence-electron chi connectivity index (χ4n) is 2.41. The zero-order valence-corrected chi connectivity index (χ0v) is 15.6. The van der Waals surface area contributed by atoms with Gasteiger partial charge in [-0.25, -0.2) is 4.39 Å². The molecule has 1 amide bonds. The molecule has 0 saturated carbocycles. The monoisotopic (exact) mass is 365 g/mol. The van der Waals surface area contributed by atoms with Gasteiger partial charge in [-0.2, -0.15) is 0 Å². The average molecular weight is 366 g/mol. The highest BCUT2D eigenvalue weighted by atomic mass is 35.5. The number of amides is 1. The quantitative estimate of drug-likeness (QED) is 0.702. The summed E-state index contributed by atoms with van der Waals surface area (Å²) >= 11 is 7.11. The number of nitrogens with one attached hydrogen (secondary N) is 1. The molecule has 0 aliphatic carbocycles.